The maximum absolute atomic E-state index is 11.8. The summed E-state index contributed by atoms with van der Waals surface area (Å²) in [7, 11) is 0. The fraction of sp³-hybridized carbons (Fsp3) is 0.923. The second-order valence-corrected chi connectivity index (χ2v) is 5.42. The lowest BCUT2D eigenvalue weighted by Gasteiger charge is -2.27. The monoisotopic (exact) mass is 256 g/mol. The molecule has 1 saturated carbocycles. The van der Waals surface area contributed by atoms with Crippen LogP contribution < -0.4 is 10.6 Å². The molecular weight excluding hydrogens is 232 g/mol. The topological polar surface area (TPSA) is 70.6 Å². The summed E-state index contributed by atoms with van der Waals surface area (Å²) in [6.07, 6.45) is 4.23. The summed E-state index contributed by atoms with van der Waals surface area (Å²) in [5.41, 5.74) is 0. The van der Waals surface area contributed by atoms with Crippen LogP contribution in [0.2, 0.25) is 0 Å². The minimum absolute atomic E-state index is 0.0815. The van der Waals surface area contributed by atoms with Crippen LogP contribution in [0.4, 0.5) is 0 Å². The van der Waals surface area contributed by atoms with Crippen LogP contribution in [0.5, 0.6) is 0 Å². The normalized spacial score (nSPS) is 33.1. The molecule has 0 spiro atoms. The van der Waals surface area contributed by atoms with Gasteiger partial charge < -0.3 is 20.5 Å². The van der Waals surface area contributed by atoms with Crippen LogP contribution in [0.25, 0.3) is 0 Å². The molecule has 18 heavy (non-hydrogen) atoms. The minimum Gasteiger partial charge on any atom is -0.393 e. The lowest BCUT2D eigenvalue weighted by Crippen LogP contribution is -2.44. The van der Waals surface area contributed by atoms with E-state index in [1.54, 1.807) is 0 Å². The fourth-order valence-corrected chi connectivity index (χ4v) is 2.75. The van der Waals surface area contributed by atoms with E-state index in [1.165, 1.54) is 0 Å². The van der Waals surface area contributed by atoms with Crippen LogP contribution in [-0.2, 0) is 9.53 Å². The summed E-state index contributed by atoms with van der Waals surface area (Å²) in [6, 6.07) is 0.149. The molecule has 2 rings (SSSR count). The number of aliphatic hydroxyl groups excluding tert-OH is 1. The molecule has 3 N–H and O–H groups in total. The molecule has 0 bridgehead atoms. The van der Waals surface area contributed by atoms with Crippen molar-refractivity contribution >= 4 is 5.91 Å². The molecule has 5 heteroatoms. The summed E-state index contributed by atoms with van der Waals surface area (Å²) in [5, 5.41) is 15.8. The van der Waals surface area contributed by atoms with Crippen molar-refractivity contribution in [3.8, 4) is 0 Å². The molecule has 2 fully saturated rings. The number of hydrogen-bond acceptors (Lipinski definition) is 4. The first-order valence-corrected chi connectivity index (χ1v) is 7.00. The van der Waals surface area contributed by atoms with Crippen molar-refractivity contribution in [1.29, 1.82) is 0 Å². The van der Waals surface area contributed by atoms with E-state index in [0.29, 0.717) is 25.5 Å². The van der Waals surface area contributed by atoms with Crippen molar-refractivity contribution in [1.82, 2.24) is 10.6 Å². The van der Waals surface area contributed by atoms with Gasteiger partial charge in [0.15, 0.2) is 0 Å². The van der Waals surface area contributed by atoms with E-state index in [0.717, 1.165) is 38.8 Å². The van der Waals surface area contributed by atoms with Crippen molar-refractivity contribution < 1.29 is 14.6 Å². The van der Waals surface area contributed by atoms with Crippen molar-refractivity contribution in [2.75, 3.05) is 26.3 Å². The Bertz CT molecular complexity index is 267. The smallest absolute Gasteiger partial charge is 0.221 e. The van der Waals surface area contributed by atoms with Crippen molar-refractivity contribution in [3.63, 3.8) is 0 Å². The number of morpholine rings is 1. The molecule has 1 heterocycles. The van der Waals surface area contributed by atoms with Gasteiger partial charge in [0.2, 0.25) is 5.91 Å². The molecule has 2 aliphatic rings. The third-order valence-corrected chi connectivity index (χ3v) is 3.77. The van der Waals surface area contributed by atoms with Gasteiger partial charge >= 0.3 is 0 Å². The van der Waals surface area contributed by atoms with Crippen LogP contribution in [0, 0.1) is 5.92 Å². The average Bonchev–Trinajstić information content (AvgIpc) is 2.38. The number of hydrogen-bond donors (Lipinski definition) is 3. The van der Waals surface area contributed by atoms with Crippen LogP contribution in [-0.4, -0.2) is 49.5 Å². The zero-order chi connectivity index (χ0) is 12.8. The standard InChI is InChI=1S/C13H24N2O3/c16-12-3-1-2-10(6-12)8-15-13(17)7-11-9-18-5-4-14-11/h10-12,14,16H,1-9H2,(H,15,17). The number of ether oxygens (including phenoxy) is 1. The highest BCUT2D eigenvalue weighted by atomic mass is 16.5. The van der Waals surface area contributed by atoms with Gasteiger partial charge in [0.1, 0.15) is 0 Å². The van der Waals surface area contributed by atoms with Gasteiger partial charge in [0.25, 0.3) is 0 Å². The predicted molar refractivity (Wildman–Crippen MR) is 68.2 cm³/mol. The van der Waals surface area contributed by atoms with E-state index in [9.17, 15) is 9.90 Å². The third-order valence-electron chi connectivity index (χ3n) is 3.77. The van der Waals surface area contributed by atoms with Crippen LogP contribution in [0.15, 0.2) is 0 Å². The van der Waals surface area contributed by atoms with Crippen LogP contribution in [0.1, 0.15) is 32.1 Å². The van der Waals surface area contributed by atoms with E-state index < -0.39 is 0 Å². The molecule has 104 valence electrons. The van der Waals surface area contributed by atoms with Gasteiger partial charge in [-0.1, -0.05) is 6.42 Å². The predicted octanol–water partition coefficient (Wildman–Crippen LogP) is 0.0322. The minimum atomic E-state index is -0.172. The highest BCUT2D eigenvalue weighted by Crippen LogP contribution is 2.23. The largest absolute Gasteiger partial charge is 0.393 e. The highest BCUT2D eigenvalue weighted by molar-refractivity contribution is 5.76. The number of amides is 1. The van der Waals surface area contributed by atoms with E-state index >= 15 is 0 Å². The number of carbonyl (C=O) groups is 1. The number of carbonyl (C=O) groups excluding carboxylic acids is 1. The molecule has 0 radical (unpaired) electrons. The maximum Gasteiger partial charge on any atom is 0.221 e. The number of rotatable bonds is 4. The fourth-order valence-electron chi connectivity index (χ4n) is 2.75. The Morgan fingerprint density at radius 3 is 3.06 bits per heavy atom. The van der Waals surface area contributed by atoms with Gasteiger partial charge in [-0.25, -0.2) is 0 Å². The summed E-state index contributed by atoms with van der Waals surface area (Å²) in [4.78, 5) is 11.8. The Kier molecular flexibility index (Phi) is 5.41. The molecule has 3 unspecified atom stereocenters. The lowest BCUT2D eigenvalue weighted by atomic mass is 9.87. The van der Waals surface area contributed by atoms with Gasteiger partial charge in [-0.15, -0.1) is 0 Å². The number of aliphatic hydroxyl groups is 1. The lowest BCUT2D eigenvalue weighted by molar-refractivity contribution is -0.122. The zero-order valence-electron chi connectivity index (χ0n) is 10.9. The molecule has 0 aromatic rings. The van der Waals surface area contributed by atoms with Crippen molar-refractivity contribution in [2.24, 2.45) is 5.92 Å². The second-order valence-electron chi connectivity index (χ2n) is 5.42. The first-order valence-electron chi connectivity index (χ1n) is 7.00. The summed E-state index contributed by atoms with van der Waals surface area (Å²) >= 11 is 0. The molecule has 1 saturated heterocycles. The SMILES string of the molecule is O=C(CC1COCCN1)NCC1CCCC(O)C1. The molecule has 1 aliphatic carbocycles. The third kappa shape index (κ3) is 4.55. The molecule has 1 aliphatic heterocycles. The van der Waals surface area contributed by atoms with Crippen LogP contribution >= 0.6 is 0 Å². The zero-order valence-corrected chi connectivity index (χ0v) is 10.9. The average molecular weight is 256 g/mol. The number of nitrogens with one attached hydrogen (secondary N) is 2. The van der Waals surface area contributed by atoms with Gasteiger partial charge in [0, 0.05) is 25.6 Å². The first-order chi connectivity index (χ1) is 8.74. The Morgan fingerprint density at radius 2 is 2.33 bits per heavy atom. The summed E-state index contributed by atoms with van der Waals surface area (Å²) in [5.74, 6) is 0.520. The van der Waals surface area contributed by atoms with E-state index in [-0.39, 0.29) is 18.1 Å². The van der Waals surface area contributed by atoms with Crippen LogP contribution in [0.3, 0.4) is 0 Å². The van der Waals surface area contributed by atoms with E-state index in [2.05, 4.69) is 10.6 Å². The quantitative estimate of drug-likeness (QED) is 0.664. The van der Waals surface area contributed by atoms with Crippen molar-refractivity contribution in [2.45, 2.75) is 44.2 Å². The van der Waals surface area contributed by atoms with Crippen molar-refractivity contribution in [3.05, 3.63) is 0 Å². The van der Waals surface area contributed by atoms with Gasteiger partial charge in [-0.3, -0.25) is 4.79 Å². The first kappa shape index (κ1) is 13.8. The Balaban J connectivity index is 1.61. The van der Waals surface area contributed by atoms with E-state index in [1.807, 2.05) is 0 Å². The Morgan fingerprint density at radius 1 is 1.44 bits per heavy atom. The Hall–Kier alpha value is -0.650. The van der Waals surface area contributed by atoms with E-state index in [4.69, 9.17) is 4.74 Å². The Labute approximate surface area is 108 Å². The molecule has 0 aromatic heterocycles. The summed E-state index contributed by atoms with van der Waals surface area (Å²) < 4.78 is 5.32. The molecule has 3 atom stereocenters. The van der Waals surface area contributed by atoms with Gasteiger partial charge in [-0.05, 0) is 25.2 Å². The van der Waals surface area contributed by atoms with Gasteiger partial charge in [-0.2, -0.15) is 0 Å². The summed E-state index contributed by atoms with van der Waals surface area (Å²) in [6.45, 7) is 2.88. The molecule has 0 aromatic carbocycles. The molecule has 1 amide bonds. The molecule has 5 nitrogen and oxygen atoms in total. The second kappa shape index (κ2) is 7.07. The highest BCUT2D eigenvalue weighted by Gasteiger charge is 2.21. The molecular formula is C13H24N2O3. The van der Waals surface area contributed by atoms with Gasteiger partial charge in [0.05, 0.1) is 19.3 Å². The maximum atomic E-state index is 11.8.